The summed E-state index contributed by atoms with van der Waals surface area (Å²) in [4.78, 5) is 14.1. The Morgan fingerprint density at radius 3 is 2.68 bits per heavy atom. The summed E-state index contributed by atoms with van der Waals surface area (Å²) in [6.45, 7) is 6.27. The standard InChI is InChI=1S/C14H21N3O2/c1-10(2)17(8-7-13(15)16-19)14(18)12-6-4-5-11(3)9-12/h4-6,9-10,19H,7-8H2,1-3H3,(H2,15,16). The van der Waals surface area contributed by atoms with Crippen molar-refractivity contribution >= 4 is 11.7 Å². The molecule has 1 aromatic rings. The molecule has 0 saturated heterocycles. The first-order chi connectivity index (χ1) is 8.95. The Kier molecular flexibility index (Phi) is 5.36. The number of carbonyl (C=O) groups excluding carboxylic acids is 1. The van der Waals surface area contributed by atoms with Crippen LogP contribution in [0, 0.1) is 6.92 Å². The molecule has 0 radical (unpaired) electrons. The molecular formula is C14H21N3O2. The lowest BCUT2D eigenvalue weighted by atomic mass is 10.1. The first-order valence-electron chi connectivity index (χ1n) is 6.29. The SMILES string of the molecule is Cc1cccc(C(=O)N(CC/C(N)=N/O)C(C)C)c1. The summed E-state index contributed by atoms with van der Waals surface area (Å²) in [5.41, 5.74) is 7.15. The highest BCUT2D eigenvalue weighted by molar-refractivity contribution is 5.95. The molecule has 1 amide bonds. The average Bonchev–Trinajstić information content (AvgIpc) is 2.38. The van der Waals surface area contributed by atoms with E-state index in [9.17, 15) is 4.79 Å². The molecule has 5 nitrogen and oxygen atoms in total. The third kappa shape index (κ3) is 4.28. The maximum Gasteiger partial charge on any atom is 0.254 e. The molecule has 0 heterocycles. The van der Waals surface area contributed by atoms with Gasteiger partial charge in [-0.1, -0.05) is 22.9 Å². The molecule has 1 aromatic carbocycles. The summed E-state index contributed by atoms with van der Waals surface area (Å²) in [5.74, 6) is 0.0899. The predicted octanol–water partition coefficient (Wildman–Crippen LogP) is 1.98. The van der Waals surface area contributed by atoms with Crippen molar-refractivity contribution in [3.63, 3.8) is 0 Å². The Morgan fingerprint density at radius 2 is 2.16 bits per heavy atom. The summed E-state index contributed by atoms with van der Waals surface area (Å²) < 4.78 is 0. The van der Waals surface area contributed by atoms with E-state index in [0.717, 1.165) is 5.56 Å². The van der Waals surface area contributed by atoms with Gasteiger partial charge < -0.3 is 15.8 Å². The number of hydrogen-bond acceptors (Lipinski definition) is 3. The third-order valence-electron chi connectivity index (χ3n) is 2.89. The minimum Gasteiger partial charge on any atom is -0.409 e. The Hall–Kier alpha value is -2.04. The van der Waals surface area contributed by atoms with Gasteiger partial charge in [0.15, 0.2) is 0 Å². The number of rotatable bonds is 5. The van der Waals surface area contributed by atoms with Crippen LogP contribution in [0.25, 0.3) is 0 Å². The van der Waals surface area contributed by atoms with Crippen LogP contribution in [0.15, 0.2) is 29.4 Å². The molecular weight excluding hydrogens is 242 g/mol. The molecule has 0 bridgehead atoms. The van der Waals surface area contributed by atoms with E-state index in [1.54, 1.807) is 11.0 Å². The van der Waals surface area contributed by atoms with Crippen LogP contribution < -0.4 is 5.73 Å². The number of nitrogens with two attached hydrogens (primary N) is 1. The summed E-state index contributed by atoms with van der Waals surface area (Å²) in [6, 6.07) is 7.53. The molecule has 0 aromatic heterocycles. The van der Waals surface area contributed by atoms with Crippen molar-refractivity contribution in [2.75, 3.05) is 6.54 Å². The normalized spacial score (nSPS) is 11.7. The number of nitrogens with zero attached hydrogens (tertiary/aromatic N) is 2. The predicted molar refractivity (Wildman–Crippen MR) is 75.4 cm³/mol. The zero-order valence-corrected chi connectivity index (χ0v) is 11.6. The zero-order valence-electron chi connectivity index (χ0n) is 11.6. The monoisotopic (exact) mass is 263 g/mol. The highest BCUT2D eigenvalue weighted by atomic mass is 16.4. The second kappa shape index (κ2) is 6.78. The first-order valence-corrected chi connectivity index (χ1v) is 6.29. The molecule has 19 heavy (non-hydrogen) atoms. The van der Waals surface area contributed by atoms with Gasteiger partial charge in [0.05, 0.1) is 0 Å². The van der Waals surface area contributed by atoms with Gasteiger partial charge in [0.2, 0.25) is 0 Å². The number of benzene rings is 1. The van der Waals surface area contributed by atoms with E-state index in [-0.39, 0.29) is 17.8 Å². The third-order valence-corrected chi connectivity index (χ3v) is 2.89. The number of amidine groups is 1. The second-order valence-corrected chi connectivity index (χ2v) is 4.80. The van der Waals surface area contributed by atoms with E-state index in [1.807, 2.05) is 39.0 Å². The van der Waals surface area contributed by atoms with Crippen LogP contribution in [0.2, 0.25) is 0 Å². The molecule has 0 unspecified atom stereocenters. The van der Waals surface area contributed by atoms with Gasteiger partial charge in [0.1, 0.15) is 5.84 Å². The van der Waals surface area contributed by atoms with Crippen molar-refractivity contribution in [3.05, 3.63) is 35.4 Å². The highest BCUT2D eigenvalue weighted by Crippen LogP contribution is 2.11. The number of carbonyl (C=O) groups is 1. The Balaban J connectivity index is 2.84. The fourth-order valence-corrected chi connectivity index (χ4v) is 1.82. The van der Waals surface area contributed by atoms with Gasteiger partial charge in [-0.3, -0.25) is 4.79 Å². The average molecular weight is 263 g/mol. The molecule has 0 saturated carbocycles. The maximum absolute atomic E-state index is 12.4. The van der Waals surface area contributed by atoms with Crippen LogP contribution >= 0.6 is 0 Å². The van der Waals surface area contributed by atoms with Gasteiger partial charge in [0.25, 0.3) is 5.91 Å². The lowest BCUT2D eigenvalue weighted by molar-refractivity contribution is 0.0711. The first kappa shape index (κ1) is 15.0. The summed E-state index contributed by atoms with van der Waals surface area (Å²) in [5, 5.41) is 11.5. The molecule has 3 N–H and O–H groups in total. The molecule has 0 spiro atoms. The second-order valence-electron chi connectivity index (χ2n) is 4.80. The van der Waals surface area contributed by atoms with Crippen LogP contribution in [-0.4, -0.2) is 34.4 Å². The fourth-order valence-electron chi connectivity index (χ4n) is 1.82. The van der Waals surface area contributed by atoms with Crippen LogP contribution in [0.1, 0.15) is 36.2 Å². The molecule has 0 atom stereocenters. The Labute approximate surface area is 113 Å². The Bertz CT molecular complexity index is 470. The quantitative estimate of drug-likeness (QED) is 0.369. The van der Waals surface area contributed by atoms with Crippen molar-refractivity contribution in [3.8, 4) is 0 Å². The van der Waals surface area contributed by atoms with Crippen molar-refractivity contribution in [2.45, 2.75) is 33.2 Å². The lowest BCUT2D eigenvalue weighted by Gasteiger charge is -2.26. The molecule has 1 rings (SSSR count). The zero-order chi connectivity index (χ0) is 14.4. The summed E-state index contributed by atoms with van der Waals surface area (Å²) >= 11 is 0. The summed E-state index contributed by atoms with van der Waals surface area (Å²) in [7, 11) is 0. The molecule has 0 fully saturated rings. The van der Waals surface area contributed by atoms with Gasteiger partial charge in [-0.25, -0.2) is 0 Å². The molecule has 0 aliphatic heterocycles. The molecule has 104 valence electrons. The molecule has 5 heteroatoms. The fraction of sp³-hybridized carbons (Fsp3) is 0.429. The van der Waals surface area contributed by atoms with Crippen LogP contribution in [0.4, 0.5) is 0 Å². The topological polar surface area (TPSA) is 78.9 Å². The van der Waals surface area contributed by atoms with E-state index in [1.165, 1.54) is 0 Å². The number of hydrogen-bond donors (Lipinski definition) is 2. The van der Waals surface area contributed by atoms with Gasteiger partial charge in [-0.15, -0.1) is 0 Å². The number of aryl methyl sites for hydroxylation is 1. The van der Waals surface area contributed by atoms with Crippen LogP contribution in [0.5, 0.6) is 0 Å². The number of amides is 1. The van der Waals surface area contributed by atoms with Crippen molar-refractivity contribution in [1.82, 2.24) is 4.90 Å². The molecule has 0 aliphatic carbocycles. The maximum atomic E-state index is 12.4. The van der Waals surface area contributed by atoms with E-state index in [2.05, 4.69) is 5.16 Å². The lowest BCUT2D eigenvalue weighted by Crippen LogP contribution is -2.39. The summed E-state index contributed by atoms with van der Waals surface area (Å²) in [6.07, 6.45) is 0.353. The largest absolute Gasteiger partial charge is 0.409 e. The van der Waals surface area contributed by atoms with E-state index < -0.39 is 0 Å². The Morgan fingerprint density at radius 1 is 1.47 bits per heavy atom. The van der Waals surface area contributed by atoms with Gasteiger partial charge >= 0.3 is 0 Å². The van der Waals surface area contributed by atoms with E-state index >= 15 is 0 Å². The van der Waals surface area contributed by atoms with E-state index in [4.69, 9.17) is 10.9 Å². The van der Waals surface area contributed by atoms with E-state index in [0.29, 0.717) is 18.5 Å². The van der Waals surface area contributed by atoms with Crippen molar-refractivity contribution < 1.29 is 10.0 Å². The van der Waals surface area contributed by atoms with Crippen molar-refractivity contribution in [1.29, 1.82) is 0 Å². The highest BCUT2D eigenvalue weighted by Gasteiger charge is 2.18. The molecule has 0 aliphatic rings. The number of oxime groups is 1. The smallest absolute Gasteiger partial charge is 0.254 e. The van der Waals surface area contributed by atoms with Gasteiger partial charge in [-0.05, 0) is 32.9 Å². The van der Waals surface area contributed by atoms with Gasteiger partial charge in [0, 0.05) is 24.6 Å². The van der Waals surface area contributed by atoms with Gasteiger partial charge in [-0.2, -0.15) is 0 Å². The van der Waals surface area contributed by atoms with Crippen LogP contribution in [0.3, 0.4) is 0 Å². The van der Waals surface area contributed by atoms with Crippen molar-refractivity contribution in [2.24, 2.45) is 10.9 Å². The minimum atomic E-state index is -0.0376. The van der Waals surface area contributed by atoms with Crippen LogP contribution in [-0.2, 0) is 0 Å². The minimum absolute atomic E-state index is 0.0376.